The number of carbonyl (C=O) groups is 1. The zero-order valence-corrected chi connectivity index (χ0v) is 18.6. The fraction of sp³-hybridized carbons (Fsp3) is 0.222. The number of anilines is 1. The van der Waals surface area contributed by atoms with Crippen LogP contribution in [0.3, 0.4) is 0 Å². The molecule has 0 bridgehead atoms. The number of aromatic nitrogens is 1. The van der Waals surface area contributed by atoms with Gasteiger partial charge in [-0.15, -0.1) is 0 Å². The highest BCUT2D eigenvalue weighted by Gasteiger charge is 2.44. The molecule has 0 spiro atoms. The highest BCUT2D eigenvalue weighted by Crippen LogP contribution is 2.41. The molecule has 2 aromatic heterocycles. The minimum Gasteiger partial charge on any atom is -0.494 e. The maximum Gasteiger partial charge on any atom is 0.296 e. The van der Waals surface area contributed by atoms with Crippen LogP contribution >= 0.6 is 0 Å². The Kier molecular flexibility index (Phi) is 5.42. The molecule has 33 heavy (non-hydrogen) atoms. The molecule has 0 aliphatic carbocycles. The van der Waals surface area contributed by atoms with Crippen LogP contribution in [-0.4, -0.2) is 17.5 Å². The van der Waals surface area contributed by atoms with Crippen LogP contribution in [0.15, 0.2) is 76.1 Å². The molecular weight excluding hydrogens is 416 g/mol. The summed E-state index contributed by atoms with van der Waals surface area (Å²) < 4.78 is 11.8. The summed E-state index contributed by atoms with van der Waals surface area (Å²) in [6.45, 7) is 4.70. The molecule has 0 unspecified atom stereocenters. The molecule has 0 radical (unpaired) electrons. The second-order valence-corrected chi connectivity index (χ2v) is 8.21. The lowest BCUT2D eigenvalue weighted by molar-refractivity contribution is 0.0970. The van der Waals surface area contributed by atoms with E-state index < -0.39 is 6.04 Å². The molecular formula is C27H24N2O4. The molecule has 4 aromatic rings. The van der Waals surface area contributed by atoms with Crippen LogP contribution in [0, 0.1) is 6.92 Å². The van der Waals surface area contributed by atoms with Gasteiger partial charge in [0.05, 0.1) is 23.6 Å². The van der Waals surface area contributed by atoms with Crippen molar-refractivity contribution in [1.82, 2.24) is 4.98 Å². The largest absolute Gasteiger partial charge is 0.494 e. The third kappa shape index (κ3) is 3.67. The molecule has 0 saturated carbocycles. The average Bonchev–Trinajstić information content (AvgIpc) is 3.12. The van der Waals surface area contributed by atoms with E-state index in [1.807, 2.05) is 43.3 Å². The summed E-state index contributed by atoms with van der Waals surface area (Å²) in [4.78, 5) is 33.1. The number of hydrogen-bond acceptors (Lipinski definition) is 5. The van der Waals surface area contributed by atoms with Crippen molar-refractivity contribution in [2.45, 2.75) is 32.7 Å². The Bertz CT molecular complexity index is 1390. The molecule has 3 heterocycles. The first-order chi connectivity index (χ1) is 16.1. The van der Waals surface area contributed by atoms with Gasteiger partial charge in [-0.25, -0.2) is 4.98 Å². The first-order valence-corrected chi connectivity index (χ1v) is 11.1. The molecule has 1 atom stereocenters. The van der Waals surface area contributed by atoms with E-state index in [0.717, 1.165) is 29.7 Å². The number of pyridine rings is 1. The number of aryl methyl sites for hydroxylation is 1. The molecule has 1 amide bonds. The Morgan fingerprint density at radius 1 is 1.06 bits per heavy atom. The first-order valence-electron chi connectivity index (χ1n) is 11.1. The lowest BCUT2D eigenvalue weighted by Gasteiger charge is -2.24. The van der Waals surface area contributed by atoms with Crippen LogP contribution in [0.2, 0.25) is 0 Å². The average molecular weight is 440 g/mol. The third-order valence-electron chi connectivity index (χ3n) is 5.89. The van der Waals surface area contributed by atoms with Crippen molar-refractivity contribution >= 4 is 22.7 Å². The van der Waals surface area contributed by atoms with Gasteiger partial charge in [-0.05, 0) is 60.9 Å². The van der Waals surface area contributed by atoms with Crippen LogP contribution in [0.25, 0.3) is 11.0 Å². The second kappa shape index (κ2) is 8.54. The van der Waals surface area contributed by atoms with Crippen LogP contribution in [-0.2, 0) is 0 Å². The third-order valence-corrected chi connectivity index (χ3v) is 5.89. The standard InChI is InChI=1S/C27H24N2O4/c1-3-4-15-32-19-11-9-18(10-12-19)24-23-25(30)20-7-5-6-8-21(20)33-26(23)27(31)29(24)22-16-17(2)13-14-28-22/h5-14,16,24H,3-4,15H2,1-2H3/t24-/m1/s1. The number of benzene rings is 2. The summed E-state index contributed by atoms with van der Waals surface area (Å²) in [5.74, 6) is 0.917. The van der Waals surface area contributed by atoms with Crippen LogP contribution in [0.5, 0.6) is 5.75 Å². The maximum atomic E-state index is 13.6. The Hall–Kier alpha value is -3.93. The van der Waals surface area contributed by atoms with Crippen LogP contribution in [0.1, 0.15) is 53.1 Å². The minimum atomic E-state index is -0.646. The first kappa shape index (κ1) is 20.9. The summed E-state index contributed by atoms with van der Waals surface area (Å²) >= 11 is 0. The SMILES string of the molecule is CCCCOc1ccc([C@@H]2c3c(oc4ccccc4c3=O)C(=O)N2c2cc(C)ccn2)cc1. The van der Waals surface area contributed by atoms with E-state index in [-0.39, 0.29) is 17.1 Å². The van der Waals surface area contributed by atoms with Crippen molar-refractivity contribution in [3.63, 3.8) is 0 Å². The molecule has 2 aromatic carbocycles. The lowest BCUT2D eigenvalue weighted by atomic mass is 9.98. The van der Waals surface area contributed by atoms with Gasteiger partial charge in [0.2, 0.25) is 5.76 Å². The molecule has 0 N–H and O–H groups in total. The fourth-order valence-corrected chi connectivity index (χ4v) is 4.20. The molecule has 1 aliphatic heterocycles. The summed E-state index contributed by atoms with van der Waals surface area (Å²) in [6.07, 6.45) is 3.70. The Labute approximate surface area is 191 Å². The fourth-order valence-electron chi connectivity index (χ4n) is 4.20. The van der Waals surface area contributed by atoms with Crippen molar-refractivity contribution in [1.29, 1.82) is 0 Å². The number of nitrogens with zero attached hydrogens (tertiary/aromatic N) is 2. The van der Waals surface area contributed by atoms with E-state index in [2.05, 4.69) is 11.9 Å². The zero-order valence-electron chi connectivity index (χ0n) is 18.6. The normalized spacial score (nSPS) is 15.2. The molecule has 0 fully saturated rings. The van der Waals surface area contributed by atoms with Crippen LogP contribution in [0.4, 0.5) is 5.82 Å². The molecule has 166 valence electrons. The summed E-state index contributed by atoms with van der Waals surface area (Å²) in [5, 5.41) is 0.452. The van der Waals surface area contributed by atoms with Crippen molar-refractivity contribution in [3.8, 4) is 5.75 Å². The van der Waals surface area contributed by atoms with Crippen molar-refractivity contribution in [2.24, 2.45) is 0 Å². The zero-order chi connectivity index (χ0) is 22.9. The van der Waals surface area contributed by atoms with Gasteiger partial charge in [0.1, 0.15) is 17.2 Å². The Morgan fingerprint density at radius 2 is 1.85 bits per heavy atom. The van der Waals surface area contributed by atoms with Gasteiger partial charge in [-0.1, -0.05) is 37.6 Å². The van der Waals surface area contributed by atoms with Gasteiger partial charge >= 0.3 is 0 Å². The van der Waals surface area contributed by atoms with Gasteiger partial charge in [-0.2, -0.15) is 0 Å². The summed E-state index contributed by atoms with van der Waals surface area (Å²) in [7, 11) is 0. The predicted molar refractivity (Wildman–Crippen MR) is 127 cm³/mol. The molecule has 0 saturated heterocycles. The van der Waals surface area contributed by atoms with E-state index in [0.29, 0.717) is 29.0 Å². The number of ether oxygens (including phenoxy) is 1. The van der Waals surface area contributed by atoms with Crippen LogP contribution < -0.4 is 15.1 Å². The van der Waals surface area contributed by atoms with E-state index in [4.69, 9.17) is 9.15 Å². The van der Waals surface area contributed by atoms with E-state index in [1.165, 1.54) is 0 Å². The number of amides is 1. The number of para-hydroxylation sites is 1. The van der Waals surface area contributed by atoms with Crippen molar-refractivity contribution in [3.05, 3.63) is 99.5 Å². The number of carbonyl (C=O) groups excluding carboxylic acids is 1. The van der Waals surface area contributed by atoms with Gasteiger partial charge < -0.3 is 9.15 Å². The molecule has 6 heteroatoms. The predicted octanol–water partition coefficient (Wildman–Crippen LogP) is 5.43. The number of fused-ring (bicyclic) bond motifs is 2. The van der Waals surface area contributed by atoms with E-state index in [1.54, 1.807) is 35.4 Å². The van der Waals surface area contributed by atoms with E-state index >= 15 is 0 Å². The van der Waals surface area contributed by atoms with Gasteiger partial charge in [-0.3, -0.25) is 14.5 Å². The number of rotatable bonds is 6. The van der Waals surface area contributed by atoms with E-state index in [9.17, 15) is 9.59 Å². The van der Waals surface area contributed by atoms with Gasteiger partial charge in [0.25, 0.3) is 5.91 Å². The topological polar surface area (TPSA) is 72.6 Å². The van der Waals surface area contributed by atoms with Gasteiger partial charge in [0, 0.05) is 6.20 Å². The highest BCUT2D eigenvalue weighted by atomic mass is 16.5. The van der Waals surface area contributed by atoms with Crippen molar-refractivity contribution < 1.29 is 13.9 Å². The second-order valence-electron chi connectivity index (χ2n) is 8.21. The van der Waals surface area contributed by atoms with Crippen molar-refractivity contribution in [2.75, 3.05) is 11.5 Å². The molecule has 5 rings (SSSR count). The molecule has 6 nitrogen and oxygen atoms in total. The quantitative estimate of drug-likeness (QED) is 0.374. The number of hydrogen-bond donors (Lipinski definition) is 0. The Balaban J connectivity index is 1.67. The Morgan fingerprint density at radius 3 is 2.61 bits per heavy atom. The summed E-state index contributed by atoms with van der Waals surface area (Å²) in [6, 6.07) is 17.6. The highest BCUT2D eigenvalue weighted by molar-refractivity contribution is 6.10. The monoisotopic (exact) mass is 440 g/mol. The lowest BCUT2D eigenvalue weighted by Crippen LogP contribution is -2.30. The minimum absolute atomic E-state index is 0.0651. The summed E-state index contributed by atoms with van der Waals surface area (Å²) in [5.41, 5.74) is 2.28. The maximum absolute atomic E-state index is 13.6. The molecule has 1 aliphatic rings. The smallest absolute Gasteiger partial charge is 0.296 e. The number of unbranched alkanes of at least 4 members (excludes halogenated alkanes) is 1. The van der Waals surface area contributed by atoms with Gasteiger partial charge in [0.15, 0.2) is 5.43 Å².